The Hall–Kier alpha value is -4.10. The number of rotatable bonds is 4. The lowest BCUT2D eigenvalue weighted by Crippen LogP contribution is -2.23. The van der Waals surface area contributed by atoms with Crippen LogP contribution in [0.4, 0.5) is 5.69 Å². The van der Waals surface area contributed by atoms with Crippen LogP contribution in [-0.2, 0) is 9.53 Å². The van der Waals surface area contributed by atoms with Crippen molar-refractivity contribution >= 4 is 50.6 Å². The molecule has 0 spiro atoms. The molecule has 4 aromatic rings. The molecule has 1 aromatic heterocycles. The summed E-state index contributed by atoms with van der Waals surface area (Å²) in [7, 11) is 0. The van der Waals surface area contributed by atoms with E-state index in [1.54, 1.807) is 36.4 Å². The number of carbonyl (C=O) groups excluding carboxylic acids is 4. The molecule has 1 aliphatic carbocycles. The number of nitrogens with one attached hydrogen (secondary N) is 1. The van der Waals surface area contributed by atoms with Crippen LogP contribution in [0.2, 0.25) is 0 Å². The van der Waals surface area contributed by atoms with E-state index >= 15 is 0 Å². The number of hydrogen-bond acceptors (Lipinski definition) is 6. The molecule has 0 radical (unpaired) electrons. The monoisotopic (exact) mass is 441 g/mol. The predicted molar refractivity (Wildman–Crippen MR) is 120 cm³/mol. The third-order valence-corrected chi connectivity index (χ3v) is 6.27. The van der Waals surface area contributed by atoms with Gasteiger partial charge in [-0.3, -0.25) is 14.4 Å². The first-order valence-corrected chi connectivity index (χ1v) is 10.6. The topological polar surface area (TPSA) is 89.5 Å². The standard InChI is InChI=1S/C25H15NO5S/c27-22(13-31-25(30)21-11-14-5-1-4-8-20(14)32-21)26-15-9-10-18-19(12-15)24(29)17-7-3-2-6-16(17)23(18)28/h1-12H,13H2,(H,26,27). The molecule has 0 fully saturated rings. The molecule has 5 rings (SSSR count). The Morgan fingerprint density at radius 1 is 0.781 bits per heavy atom. The summed E-state index contributed by atoms with van der Waals surface area (Å²) in [5, 5.41) is 3.54. The van der Waals surface area contributed by atoms with E-state index in [0.717, 1.165) is 10.1 Å². The lowest BCUT2D eigenvalue weighted by molar-refractivity contribution is -0.119. The summed E-state index contributed by atoms with van der Waals surface area (Å²) in [6.45, 7) is -0.472. The highest BCUT2D eigenvalue weighted by molar-refractivity contribution is 7.20. The van der Waals surface area contributed by atoms with Crippen LogP contribution >= 0.6 is 11.3 Å². The van der Waals surface area contributed by atoms with E-state index in [9.17, 15) is 19.2 Å². The third kappa shape index (κ3) is 3.48. The van der Waals surface area contributed by atoms with Crippen LogP contribution < -0.4 is 5.32 Å². The number of thiophene rings is 1. The van der Waals surface area contributed by atoms with Crippen molar-refractivity contribution in [1.82, 2.24) is 0 Å². The summed E-state index contributed by atoms with van der Waals surface area (Å²) in [6.07, 6.45) is 0. The van der Waals surface area contributed by atoms with Crippen molar-refractivity contribution in [1.29, 1.82) is 0 Å². The van der Waals surface area contributed by atoms with Gasteiger partial charge in [-0.2, -0.15) is 0 Å². The van der Waals surface area contributed by atoms with Crippen LogP contribution in [0.3, 0.4) is 0 Å². The second-order valence-corrected chi connectivity index (χ2v) is 8.32. The highest BCUT2D eigenvalue weighted by Crippen LogP contribution is 2.29. The molecular weight excluding hydrogens is 426 g/mol. The van der Waals surface area contributed by atoms with Crippen molar-refractivity contribution in [2.75, 3.05) is 11.9 Å². The van der Waals surface area contributed by atoms with Crippen molar-refractivity contribution in [3.8, 4) is 0 Å². The summed E-state index contributed by atoms with van der Waals surface area (Å²) >= 11 is 1.30. The number of amides is 1. The van der Waals surface area contributed by atoms with Crippen molar-refractivity contribution in [3.05, 3.63) is 99.9 Å². The predicted octanol–water partition coefficient (Wildman–Crippen LogP) is 4.47. The Labute approximate surface area is 186 Å². The minimum Gasteiger partial charge on any atom is -0.451 e. The van der Waals surface area contributed by atoms with Gasteiger partial charge >= 0.3 is 5.97 Å². The number of benzene rings is 3. The zero-order valence-electron chi connectivity index (χ0n) is 16.6. The summed E-state index contributed by atoms with van der Waals surface area (Å²) in [4.78, 5) is 50.5. The maximum absolute atomic E-state index is 12.8. The summed E-state index contributed by atoms with van der Waals surface area (Å²) in [6, 6.07) is 20.5. The van der Waals surface area contributed by atoms with Crippen LogP contribution in [0.25, 0.3) is 10.1 Å². The maximum atomic E-state index is 12.8. The van der Waals surface area contributed by atoms with Gasteiger partial charge in [-0.25, -0.2) is 4.79 Å². The first-order valence-electron chi connectivity index (χ1n) is 9.79. The average Bonchev–Trinajstić information content (AvgIpc) is 3.25. The molecule has 1 amide bonds. The molecule has 0 aliphatic heterocycles. The Morgan fingerprint density at radius 3 is 2.19 bits per heavy atom. The van der Waals surface area contributed by atoms with Gasteiger partial charge in [0.15, 0.2) is 18.2 Å². The Kier molecular flexibility index (Phi) is 4.88. The van der Waals surface area contributed by atoms with Crippen LogP contribution in [0.1, 0.15) is 41.5 Å². The Balaban J connectivity index is 1.27. The molecular formula is C25H15NO5S. The number of hydrogen-bond donors (Lipinski definition) is 1. The lowest BCUT2D eigenvalue weighted by Gasteiger charge is -2.18. The fourth-order valence-electron chi connectivity index (χ4n) is 3.66. The highest BCUT2D eigenvalue weighted by Gasteiger charge is 2.29. The van der Waals surface area contributed by atoms with Gasteiger partial charge in [-0.1, -0.05) is 42.5 Å². The van der Waals surface area contributed by atoms with Crippen LogP contribution in [-0.4, -0.2) is 30.0 Å². The molecule has 0 atom stereocenters. The molecule has 3 aromatic carbocycles. The van der Waals surface area contributed by atoms with Crippen molar-refractivity contribution < 1.29 is 23.9 Å². The van der Waals surface area contributed by atoms with E-state index < -0.39 is 18.5 Å². The minimum absolute atomic E-state index is 0.230. The van der Waals surface area contributed by atoms with Gasteiger partial charge in [0.2, 0.25) is 0 Å². The van der Waals surface area contributed by atoms with Gasteiger partial charge in [0.1, 0.15) is 4.88 Å². The van der Waals surface area contributed by atoms with Gasteiger partial charge in [0, 0.05) is 32.6 Å². The smallest absolute Gasteiger partial charge is 0.348 e. The van der Waals surface area contributed by atoms with Gasteiger partial charge in [0.05, 0.1) is 0 Å². The zero-order valence-corrected chi connectivity index (χ0v) is 17.4. The largest absolute Gasteiger partial charge is 0.451 e. The summed E-state index contributed by atoms with van der Waals surface area (Å²) < 4.78 is 6.08. The molecule has 1 heterocycles. The van der Waals surface area contributed by atoms with E-state index in [1.165, 1.54) is 23.5 Å². The fourth-order valence-corrected chi connectivity index (χ4v) is 4.62. The van der Waals surface area contributed by atoms with E-state index in [1.807, 2.05) is 24.3 Å². The molecule has 6 nitrogen and oxygen atoms in total. The van der Waals surface area contributed by atoms with E-state index in [4.69, 9.17) is 4.74 Å². The number of ketones is 2. The van der Waals surface area contributed by atoms with Crippen molar-refractivity contribution in [2.45, 2.75) is 0 Å². The number of anilines is 1. The van der Waals surface area contributed by atoms with Crippen LogP contribution in [0.5, 0.6) is 0 Å². The van der Waals surface area contributed by atoms with E-state index in [0.29, 0.717) is 27.3 Å². The van der Waals surface area contributed by atoms with Crippen molar-refractivity contribution in [3.63, 3.8) is 0 Å². The fraction of sp³-hybridized carbons (Fsp3) is 0.0400. The zero-order chi connectivity index (χ0) is 22.2. The number of carbonyl (C=O) groups is 4. The minimum atomic E-state index is -0.579. The molecule has 1 aliphatic rings. The highest BCUT2D eigenvalue weighted by atomic mass is 32.1. The second kappa shape index (κ2) is 7.86. The first kappa shape index (κ1) is 19.8. The SMILES string of the molecule is O=C(COC(=O)c1cc2ccccc2s1)Nc1ccc2c(c1)C(=O)c1ccccc1C2=O. The molecule has 0 saturated heterocycles. The second-order valence-electron chi connectivity index (χ2n) is 7.24. The van der Waals surface area contributed by atoms with Gasteiger partial charge in [-0.15, -0.1) is 11.3 Å². The number of fused-ring (bicyclic) bond motifs is 3. The molecule has 0 unspecified atom stereocenters. The number of ether oxygens (including phenoxy) is 1. The molecule has 156 valence electrons. The lowest BCUT2D eigenvalue weighted by atomic mass is 9.84. The molecule has 32 heavy (non-hydrogen) atoms. The molecule has 0 bridgehead atoms. The Morgan fingerprint density at radius 2 is 1.44 bits per heavy atom. The Bertz CT molecular complexity index is 1400. The number of esters is 1. The quantitative estimate of drug-likeness (QED) is 0.416. The van der Waals surface area contributed by atoms with E-state index in [2.05, 4.69) is 5.32 Å². The van der Waals surface area contributed by atoms with E-state index in [-0.39, 0.29) is 17.1 Å². The molecule has 1 N–H and O–H groups in total. The maximum Gasteiger partial charge on any atom is 0.348 e. The van der Waals surface area contributed by atoms with Crippen LogP contribution in [0, 0.1) is 0 Å². The molecule has 7 heteroatoms. The summed E-state index contributed by atoms with van der Waals surface area (Å²) in [5.41, 5.74) is 1.57. The third-order valence-electron chi connectivity index (χ3n) is 5.17. The van der Waals surface area contributed by atoms with Gasteiger partial charge < -0.3 is 10.1 Å². The average molecular weight is 441 g/mol. The first-order chi connectivity index (χ1) is 15.5. The van der Waals surface area contributed by atoms with Crippen LogP contribution in [0.15, 0.2) is 72.8 Å². The van der Waals surface area contributed by atoms with Gasteiger partial charge in [-0.05, 0) is 35.7 Å². The van der Waals surface area contributed by atoms with Crippen molar-refractivity contribution in [2.24, 2.45) is 0 Å². The normalized spacial score (nSPS) is 12.2. The van der Waals surface area contributed by atoms with Gasteiger partial charge in [0.25, 0.3) is 5.91 Å². The molecule has 0 saturated carbocycles. The summed E-state index contributed by atoms with van der Waals surface area (Å²) in [5.74, 6) is -1.63.